The van der Waals surface area contributed by atoms with E-state index in [1.165, 1.54) is 7.44 Å². The zero-order valence-corrected chi connectivity index (χ0v) is 6.39. The summed E-state index contributed by atoms with van der Waals surface area (Å²) in [4.78, 5) is 16.6. The standard InChI is InChI=1S/BH7O2Si2/c1-5(2,3)4/h2-3H,1H2,4H3. The van der Waals surface area contributed by atoms with E-state index in [0.717, 1.165) is 0 Å². The fourth-order valence-corrected chi connectivity index (χ4v) is 0. The van der Waals surface area contributed by atoms with Crippen LogP contribution in [0.25, 0.3) is 0 Å². The molecule has 0 atom stereocenters. The smallest absolute Gasteiger partial charge is 0.248 e. The number of hydrogen-bond acceptors (Lipinski definition) is 2. The van der Waals surface area contributed by atoms with Crippen molar-refractivity contribution in [1.82, 2.24) is 0 Å². The molecule has 0 saturated heterocycles. The highest BCUT2D eigenvalue weighted by Gasteiger charge is 2.07. The summed E-state index contributed by atoms with van der Waals surface area (Å²) in [5.41, 5.74) is 0. The molecule has 2 nitrogen and oxygen atoms in total. The molecular formula is H7BO2Si2. The van der Waals surface area contributed by atoms with Crippen LogP contribution < -0.4 is 0 Å². The molecule has 0 aromatic rings. The van der Waals surface area contributed by atoms with Gasteiger partial charge in [0.2, 0.25) is 7.95 Å². The maximum atomic E-state index is 8.28. The second-order valence-corrected chi connectivity index (χ2v) is 10.2. The van der Waals surface area contributed by atoms with Gasteiger partial charge in [-0.05, 0) is 0 Å². The van der Waals surface area contributed by atoms with Crippen molar-refractivity contribution in [2.24, 2.45) is 0 Å². The van der Waals surface area contributed by atoms with Crippen molar-refractivity contribution in [3.05, 3.63) is 0 Å². The molecule has 2 N–H and O–H groups in total. The maximum absolute atomic E-state index is 8.28. The molecule has 0 amide bonds. The Morgan fingerprint density at radius 3 is 1.60 bits per heavy atom. The summed E-state index contributed by atoms with van der Waals surface area (Å²) in [6.07, 6.45) is 0. The van der Waals surface area contributed by atoms with Crippen LogP contribution in [0.2, 0.25) is 0 Å². The van der Waals surface area contributed by atoms with Gasteiger partial charge in [0, 0.05) is 0 Å². The first-order chi connectivity index (χ1) is 2.00. The normalized spacial score (nSPS) is 12.4. The van der Waals surface area contributed by atoms with Crippen LogP contribution in [0.15, 0.2) is 0 Å². The molecule has 0 fully saturated rings. The van der Waals surface area contributed by atoms with Gasteiger partial charge in [0.15, 0.2) is 7.44 Å². The quantitative estimate of drug-likeness (QED) is 0.313. The molecule has 0 aliphatic heterocycles. The number of rotatable bonds is 0. The predicted octanol–water partition coefficient (Wildman–Crippen LogP) is -3.59. The molecule has 5 heavy (non-hydrogen) atoms. The zero-order chi connectivity index (χ0) is 4.50. The molecule has 0 aromatic carbocycles. The van der Waals surface area contributed by atoms with E-state index in [4.69, 9.17) is 9.59 Å². The van der Waals surface area contributed by atoms with Crippen LogP contribution in [0.1, 0.15) is 0 Å². The molecule has 0 heterocycles. The van der Waals surface area contributed by atoms with E-state index in [2.05, 4.69) is 0 Å². The maximum Gasteiger partial charge on any atom is 0.248 e. The van der Waals surface area contributed by atoms with E-state index < -0.39 is 7.95 Å². The highest BCUT2D eigenvalue weighted by Crippen LogP contribution is 1.64. The van der Waals surface area contributed by atoms with Crippen LogP contribution in [0.4, 0.5) is 0 Å². The van der Waals surface area contributed by atoms with Gasteiger partial charge in [0.05, 0.1) is 9.76 Å². The van der Waals surface area contributed by atoms with E-state index in [9.17, 15) is 0 Å². The molecule has 5 heteroatoms. The van der Waals surface area contributed by atoms with E-state index >= 15 is 0 Å². The highest BCUT2D eigenvalue weighted by atomic mass is 29.2. The second-order valence-electron chi connectivity index (χ2n) is 1.49. The van der Waals surface area contributed by atoms with Crippen LogP contribution >= 0.6 is 0 Å². The lowest BCUT2D eigenvalue weighted by atomic mass is 10.8. The summed E-state index contributed by atoms with van der Waals surface area (Å²) < 4.78 is 0. The lowest BCUT2D eigenvalue weighted by Crippen LogP contribution is -2.36. The molecule has 0 saturated carbocycles. The molecule has 0 aliphatic carbocycles. The molecule has 0 unspecified atom stereocenters. The first-order valence-electron chi connectivity index (χ1n) is 1.45. The van der Waals surface area contributed by atoms with Crippen molar-refractivity contribution in [1.29, 1.82) is 0 Å². The molecule has 0 spiro atoms. The Hall–Kier alpha value is 0.419. The third kappa shape index (κ3) is 147. The molecule has 30 valence electrons. The lowest BCUT2D eigenvalue weighted by molar-refractivity contribution is 0.422. The Morgan fingerprint density at radius 2 is 1.60 bits per heavy atom. The van der Waals surface area contributed by atoms with Gasteiger partial charge >= 0.3 is 0 Å². The Morgan fingerprint density at radius 1 is 1.60 bits per heavy atom. The summed E-state index contributed by atoms with van der Waals surface area (Å²) in [7, 11) is -0.415. The first-order valence-corrected chi connectivity index (χ1v) is 7.34. The van der Waals surface area contributed by atoms with Gasteiger partial charge in [0.1, 0.15) is 0 Å². The minimum absolute atomic E-state index is 0.558. The predicted molar refractivity (Wildman–Crippen MR) is 28.7 cm³/mol. The van der Waals surface area contributed by atoms with Gasteiger partial charge in [-0.15, -0.1) is 0 Å². The van der Waals surface area contributed by atoms with Crippen LogP contribution in [0.5, 0.6) is 0 Å². The Bertz CT molecular complexity index is 23.1. The van der Waals surface area contributed by atoms with Crippen molar-refractivity contribution in [2.75, 3.05) is 0 Å². The zero-order valence-electron chi connectivity index (χ0n) is 3.39. The van der Waals surface area contributed by atoms with Gasteiger partial charge in [-0.1, -0.05) is 0 Å². The van der Waals surface area contributed by atoms with Crippen LogP contribution in [-0.4, -0.2) is 34.7 Å². The third-order valence-corrected chi connectivity index (χ3v) is 0. The van der Waals surface area contributed by atoms with E-state index in [1.54, 1.807) is 0 Å². The fourth-order valence-electron chi connectivity index (χ4n) is 0. The topological polar surface area (TPSA) is 40.5 Å². The minimum atomic E-state index is -2.47. The monoisotopic (exact) mass is 106 g/mol. The van der Waals surface area contributed by atoms with Crippen molar-refractivity contribution in [3.8, 4) is 0 Å². The van der Waals surface area contributed by atoms with Gasteiger partial charge in [-0.2, -0.15) is 0 Å². The van der Waals surface area contributed by atoms with Crippen LogP contribution in [-0.2, 0) is 0 Å². The molecule has 0 aromatic heterocycles. The van der Waals surface area contributed by atoms with Gasteiger partial charge in [-0.3, -0.25) is 0 Å². The van der Waals surface area contributed by atoms with E-state index in [1.807, 2.05) is 0 Å². The van der Waals surface area contributed by atoms with Gasteiger partial charge < -0.3 is 9.59 Å². The average Bonchev–Trinajstić information content (AvgIpc) is 0.722. The van der Waals surface area contributed by atoms with Crippen LogP contribution in [0, 0.1) is 0 Å². The molecule has 0 aliphatic rings. The molecular weight excluding hydrogens is 99.0 g/mol. The lowest BCUT2D eigenvalue weighted by Gasteiger charge is -1.98. The first kappa shape index (κ1) is 5.42. The second kappa shape index (κ2) is 1.25. The summed E-state index contributed by atoms with van der Waals surface area (Å²) >= 11 is 0. The molecule has 0 rings (SSSR count). The Kier molecular flexibility index (Phi) is 1.36. The van der Waals surface area contributed by atoms with Crippen molar-refractivity contribution in [3.63, 3.8) is 0 Å². The summed E-state index contributed by atoms with van der Waals surface area (Å²) in [5, 5.41) is 0. The van der Waals surface area contributed by atoms with Gasteiger partial charge in [0.25, 0.3) is 0 Å². The fraction of sp³-hybridized carbons (Fsp3) is 0. The third-order valence-electron chi connectivity index (χ3n) is 0. The Labute approximate surface area is 35.6 Å². The van der Waals surface area contributed by atoms with Crippen molar-refractivity contribution in [2.45, 2.75) is 0 Å². The largest absolute Gasteiger partial charge is 0.419 e. The van der Waals surface area contributed by atoms with E-state index in [0.29, 0.717) is 9.76 Å². The highest BCUT2D eigenvalue weighted by molar-refractivity contribution is 7.33. The average molecular weight is 106 g/mol. The molecule has 0 radical (unpaired) electrons. The number of hydrogen-bond donors (Lipinski definition) is 2. The summed E-state index contributed by atoms with van der Waals surface area (Å²) in [6, 6.07) is 0. The Balaban J connectivity index is 3.02. The van der Waals surface area contributed by atoms with Crippen LogP contribution in [0.3, 0.4) is 0 Å². The van der Waals surface area contributed by atoms with Crippen molar-refractivity contribution >= 4 is 25.1 Å². The van der Waals surface area contributed by atoms with Gasteiger partial charge in [-0.25, -0.2) is 0 Å². The van der Waals surface area contributed by atoms with E-state index in [-0.39, 0.29) is 0 Å². The summed E-state index contributed by atoms with van der Waals surface area (Å²) in [6.45, 7) is 0. The SMILES string of the molecule is B[Si](O)(O)[SiH3]. The molecule has 0 bridgehead atoms. The minimum Gasteiger partial charge on any atom is -0.419 e. The van der Waals surface area contributed by atoms with Crippen molar-refractivity contribution < 1.29 is 9.59 Å². The summed E-state index contributed by atoms with van der Waals surface area (Å²) in [5.74, 6) is 0.